The molecule has 0 spiro atoms. The summed E-state index contributed by atoms with van der Waals surface area (Å²) >= 11 is 3.33. The molecule has 0 radical (unpaired) electrons. The van der Waals surface area contributed by atoms with E-state index in [1.807, 2.05) is 0 Å². The number of hydrogen-bond acceptors (Lipinski definition) is 4. The SMILES string of the molecule is COC(=O)Oc1ccccc1COc1cc(F)c(C)cc1Br. The number of methoxy groups -OCH3 is 1. The molecule has 0 aliphatic rings. The summed E-state index contributed by atoms with van der Waals surface area (Å²) in [7, 11) is 1.23. The number of aryl methyl sites for hydroxylation is 1. The van der Waals surface area contributed by atoms with Crippen LogP contribution in [0.4, 0.5) is 9.18 Å². The summed E-state index contributed by atoms with van der Waals surface area (Å²) in [5.74, 6) is 0.353. The lowest BCUT2D eigenvalue weighted by atomic mass is 10.2. The van der Waals surface area contributed by atoms with Crippen molar-refractivity contribution < 1.29 is 23.4 Å². The van der Waals surface area contributed by atoms with Crippen molar-refractivity contribution in [1.82, 2.24) is 0 Å². The monoisotopic (exact) mass is 368 g/mol. The molecule has 0 heterocycles. The summed E-state index contributed by atoms with van der Waals surface area (Å²) in [6.45, 7) is 1.79. The first kappa shape index (κ1) is 16.3. The van der Waals surface area contributed by atoms with Crippen LogP contribution in [0.1, 0.15) is 11.1 Å². The topological polar surface area (TPSA) is 44.8 Å². The number of carbonyl (C=O) groups is 1. The van der Waals surface area contributed by atoms with E-state index in [0.29, 0.717) is 27.1 Å². The number of ether oxygens (including phenoxy) is 3. The predicted octanol–water partition coefficient (Wildman–Crippen LogP) is 4.62. The Morgan fingerprint density at radius 3 is 2.68 bits per heavy atom. The van der Waals surface area contributed by atoms with Crippen molar-refractivity contribution >= 4 is 22.1 Å². The van der Waals surface area contributed by atoms with E-state index in [4.69, 9.17) is 9.47 Å². The zero-order chi connectivity index (χ0) is 16.1. The maximum atomic E-state index is 13.6. The van der Waals surface area contributed by atoms with Crippen LogP contribution in [0.3, 0.4) is 0 Å². The molecule has 2 aromatic rings. The van der Waals surface area contributed by atoms with Gasteiger partial charge in [0.05, 0.1) is 11.6 Å². The molecule has 0 aliphatic heterocycles. The third-order valence-electron chi connectivity index (χ3n) is 2.93. The van der Waals surface area contributed by atoms with Crippen molar-refractivity contribution in [3.05, 3.63) is 57.8 Å². The molecule has 0 aliphatic carbocycles. The third kappa shape index (κ3) is 3.98. The first-order valence-electron chi connectivity index (χ1n) is 6.43. The summed E-state index contributed by atoms with van der Waals surface area (Å²) in [6, 6.07) is 9.83. The highest BCUT2D eigenvalue weighted by Crippen LogP contribution is 2.29. The molecule has 0 N–H and O–H groups in total. The molecule has 0 aromatic heterocycles. The number of halogens is 2. The molecular formula is C16H14BrFO4. The minimum absolute atomic E-state index is 0.119. The molecule has 0 atom stereocenters. The number of hydrogen-bond donors (Lipinski definition) is 0. The van der Waals surface area contributed by atoms with Gasteiger partial charge < -0.3 is 14.2 Å². The highest BCUT2D eigenvalue weighted by molar-refractivity contribution is 9.10. The van der Waals surface area contributed by atoms with Gasteiger partial charge in [-0.1, -0.05) is 18.2 Å². The van der Waals surface area contributed by atoms with E-state index in [1.165, 1.54) is 13.2 Å². The number of para-hydroxylation sites is 1. The van der Waals surface area contributed by atoms with Gasteiger partial charge in [-0.25, -0.2) is 9.18 Å². The lowest BCUT2D eigenvalue weighted by Crippen LogP contribution is -2.09. The van der Waals surface area contributed by atoms with Gasteiger partial charge in [-0.2, -0.15) is 0 Å². The summed E-state index contributed by atoms with van der Waals surface area (Å²) in [4.78, 5) is 11.2. The highest BCUT2D eigenvalue weighted by atomic mass is 79.9. The molecule has 4 nitrogen and oxygen atoms in total. The van der Waals surface area contributed by atoms with E-state index < -0.39 is 6.16 Å². The maximum absolute atomic E-state index is 13.6. The van der Waals surface area contributed by atoms with Gasteiger partial charge in [-0.3, -0.25) is 0 Å². The van der Waals surface area contributed by atoms with Gasteiger partial charge in [0.1, 0.15) is 23.9 Å². The van der Waals surface area contributed by atoms with Gasteiger partial charge in [0.2, 0.25) is 0 Å². The van der Waals surface area contributed by atoms with Gasteiger partial charge in [0.15, 0.2) is 0 Å². The van der Waals surface area contributed by atoms with Crippen LogP contribution in [-0.2, 0) is 11.3 Å². The highest BCUT2D eigenvalue weighted by Gasteiger charge is 2.11. The van der Waals surface area contributed by atoms with E-state index in [1.54, 1.807) is 37.3 Å². The Balaban J connectivity index is 2.15. The van der Waals surface area contributed by atoms with Crippen molar-refractivity contribution in [2.24, 2.45) is 0 Å². The molecule has 6 heteroatoms. The van der Waals surface area contributed by atoms with Crippen LogP contribution in [0.25, 0.3) is 0 Å². The first-order valence-corrected chi connectivity index (χ1v) is 7.22. The van der Waals surface area contributed by atoms with Crippen molar-refractivity contribution in [3.63, 3.8) is 0 Å². The van der Waals surface area contributed by atoms with E-state index in [9.17, 15) is 9.18 Å². The van der Waals surface area contributed by atoms with Crippen LogP contribution in [0.15, 0.2) is 40.9 Å². The van der Waals surface area contributed by atoms with Gasteiger partial charge in [0, 0.05) is 11.6 Å². The van der Waals surface area contributed by atoms with Crippen molar-refractivity contribution in [3.8, 4) is 11.5 Å². The van der Waals surface area contributed by atoms with Gasteiger partial charge in [-0.15, -0.1) is 0 Å². The zero-order valence-electron chi connectivity index (χ0n) is 12.1. The summed E-state index contributed by atoms with van der Waals surface area (Å²) in [5, 5.41) is 0. The molecule has 22 heavy (non-hydrogen) atoms. The Hall–Kier alpha value is -2.08. The maximum Gasteiger partial charge on any atom is 0.513 e. The Morgan fingerprint density at radius 2 is 1.95 bits per heavy atom. The van der Waals surface area contributed by atoms with E-state index in [0.717, 1.165) is 0 Å². The molecule has 0 bridgehead atoms. The molecule has 0 saturated heterocycles. The van der Waals surface area contributed by atoms with Crippen LogP contribution in [0.2, 0.25) is 0 Å². The first-order chi connectivity index (χ1) is 10.5. The van der Waals surface area contributed by atoms with Crippen LogP contribution in [0.5, 0.6) is 11.5 Å². The fourth-order valence-electron chi connectivity index (χ4n) is 1.75. The smallest absolute Gasteiger partial charge is 0.487 e. The molecule has 2 rings (SSSR count). The molecule has 0 saturated carbocycles. The minimum Gasteiger partial charge on any atom is -0.487 e. The van der Waals surface area contributed by atoms with Crippen LogP contribution in [-0.4, -0.2) is 13.3 Å². The van der Waals surface area contributed by atoms with Crippen LogP contribution >= 0.6 is 15.9 Å². The number of carbonyl (C=O) groups excluding carboxylic acids is 1. The fraction of sp³-hybridized carbons (Fsp3) is 0.188. The number of rotatable bonds is 4. The predicted molar refractivity (Wildman–Crippen MR) is 82.6 cm³/mol. The quantitative estimate of drug-likeness (QED) is 0.583. The second-order valence-electron chi connectivity index (χ2n) is 4.48. The average molecular weight is 369 g/mol. The second-order valence-corrected chi connectivity index (χ2v) is 5.34. The van der Waals surface area contributed by atoms with E-state index in [-0.39, 0.29) is 12.4 Å². The van der Waals surface area contributed by atoms with Gasteiger partial charge >= 0.3 is 6.16 Å². The largest absolute Gasteiger partial charge is 0.513 e. The Labute approximate surface area is 135 Å². The zero-order valence-corrected chi connectivity index (χ0v) is 13.6. The summed E-state index contributed by atoms with van der Waals surface area (Å²) in [5.41, 5.74) is 1.16. The van der Waals surface area contributed by atoms with Gasteiger partial charge in [0.25, 0.3) is 0 Å². The summed E-state index contributed by atoms with van der Waals surface area (Å²) < 4.78 is 29.3. The molecule has 0 unspecified atom stereocenters. The lowest BCUT2D eigenvalue weighted by molar-refractivity contribution is 0.120. The molecule has 0 amide bonds. The second kappa shape index (κ2) is 7.26. The summed E-state index contributed by atoms with van der Waals surface area (Å²) in [6.07, 6.45) is -0.810. The standard InChI is InChI=1S/C16H14BrFO4/c1-10-7-12(17)15(8-13(10)18)21-9-11-5-3-4-6-14(11)22-16(19)20-2/h3-8H,9H2,1-2H3. The normalized spacial score (nSPS) is 10.2. The minimum atomic E-state index is -0.810. The van der Waals surface area contributed by atoms with Gasteiger partial charge in [-0.05, 0) is 40.5 Å². The third-order valence-corrected chi connectivity index (χ3v) is 3.55. The number of benzene rings is 2. The Morgan fingerprint density at radius 1 is 1.23 bits per heavy atom. The molecule has 2 aromatic carbocycles. The lowest BCUT2D eigenvalue weighted by Gasteiger charge is -2.12. The van der Waals surface area contributed by atoms with Crippen LogP contribution in [0, 0.1) is 12.7 Å². The van der Waals surface area contributed by atoms with E-state index in [2.05, 4.69) is 20.7 Å². The Kier molecular flexibility index (Phi) is 5.38. The molecule has 116 valence electrons. The van der Waals surface area contributed by atoms with Crippen molar-refractivity contribution in [2.75, 3.05) is 7.11 Å². The molecule has 0 fully saturated rings. The van der Waals surface area contributed by atoms with Crippen molar-refractivity contribution in [1.29, 1.82) is 0 Å². The van der Waals surface area contributed by atoms with E-state index >= 15 is 0 Å². The van der Waals surface area contributed by atoms with Crippen molar-refractivity contribution in [2.45, 2.75) is 13.5 Å². The fourth-order valence-corrected chi connectivity index (χ4v) is 2.32. The van der Waals surface area contributed by atoms with Crippen LogP contribution < -0.4 is 9.47 Å². The average Bonchev–Trinajstić information content (AvgIpc) is 2.50. The Bertz CT molecular complexity index is 688. The molecular weight excluding hydrogens is 355 g/mol.